The van der Waals surface area contributed by atoms with E-state index < -0.39 is 17.8 Å². The van der Waals surface area contributed by atoms with Gasteiger partial charge in [0, 0.05) is 17.8 Å². The molecule has 2 saturated carbocycles. The van der Waals surface area contributed by atoms with Crippen LogP contribution in [0.4, 0.5) is 8.78 Å². The summed E-state index contributed by atoms with van der Waals surface area (Å²) >= 11 is 0. The molecule has 0 aromatic rings. The minimum absolute atomic E-state index is 0.0652. The topological polar surface area (TPSA) is 17.1 Å². The van der Waals surface area contributed by atoms with E-state index in [0.717, 1.165) is 0 Å². The van der Waals surface area contributed by atoms with Gasteiger partial charge < -0.3 is 0 Å². The van der Waals surface area contributed by atoms with Crippen LogP contribution in [0.1, 0.15) is 19.8 Å². The molecule has 0 aromatic carbocycles. The second-order valence-corrected chi connectivity index (χ2v) is 3.67. The molecule has 2 rings (SSSR count). The summed E-state index contributed by atoms with van der Waals surface area (Å²) in [6.07, 6.45) is 0.847. The van der Waals surface area contributed by atoms with Crippen molar-refractivity contribution in [2.24, 2.45) is 17.8 Å². The molecule has 1 nitrogen and oxygen atoms in total. The lowest BCUT2D eigenvalue weighted by molar-refractivity contribution is -0.121. The zero-order valence-corrected chi connectivity index (χ0v) is 6.31. The summed E-state index contributed by atoms with van der Waals surface area (Å²) in [7, 11) is 0. The van der Waals surface area contributed by atoms with Gasteiger partial charge >= 0.3 is 0 Å². The van der Waals surface area contributed by atoms with Crippen LogP contribution in [0, 0.1) is 17.8 Å². The average molecular weight is 160 g/mol. The van der Waals surface area contributed by atoms with Gasteiger partial charge in [-0.25, -0.2) is 8.78 Å². The van der Waals surface area contributed by atoms with Crippen LogP contribution in [0.5, 0.6) is 0 Å². The fourth-order valence-electron chi connectivity index (χ4n) is 2.14. The predicted octanol–water partition coefficient (Wildman–Crippen LogP) is 1.87. The van der Waals surface area contributed by atoms with Crippen LogP contribution < -0.4 is 0 Å². The van der Waals surface area contributed by atoms with Crippen molar-refractivity contribution >= 4 is 5.78 Å². The summed E-state index contributed by atoms with van der Waals surface area (Å²) in [5.41, 5.74) is 0. The van der Waals surface area contributed by atoms with Crippen LogP contribution in [0.3, 0.4) is 0 Å². The van der Waals surface area contributed by atoms with E-state index in [1.807, 2.05) is 0 Å². The summed E-state index contributed by atoms with van der Waals surface area (Å²) in [6, 6.07) is 0. The quantitative estimate of drug-likeness (QED) is 0.572. The monoisotopic (exact) mass is 160 g/mol. The van der Waals surface area contributed by atoms with Crippen LogP contribution >= 0.6 is 0 Å². The first-order valence-corrected chi connectivity index (χ1v) is 3.91. The average Bonchev–Trinajstić information content (AvgIpc) is 2.28. The van der Waals surface area contributed by atoms with Gasteiger partial charge in [0.15, 0.2) is 0 Å². The van der Waals surface area contributed by atoms with Crippen molar-refractivity contribution in [1.82, 2.24) is 0 Å². The molecule has 11 heavy (non-hydrogen) atoms. The van der Waals surface area contributed by atoms with Crippen LogP contribution in [0.2, 0.25) is 0 Å². The van der Waals surface area contributed by atoms with Crippen molar-refractivity contribution in [3.8, 4) is 0 Å². The maximum Gasteiger partial charge on any atom is 0.254 e. The SMILES string of the molecule is CC(=O)[C@H]1C[C@@H]2[C@H](C1)C2(F)F. The zero-order valence-electron chi connectivity index (χ0n) is 6.31. The summed E-state index contributed by atoms with van der Waals surface area (Å²) in [5.74, 6) is -3.34. The normalized spacial score (nSPS) is 45.2. The minimum atomic E-state index is -2.42. The van der Waals surface area contributed by atoms with E-state index in [9.17, 15) is 13.6 Å². The number of ketones is 1. The Morgan fingerprint density at radius 3 is 2.18 bits per heavy atom. The largest absolute Gasteiger partial charge is 0.300 e. The van der Waals surface area contributed by atoms with Gasteiger partial charge in [-0.3, -0.25) is 4.79 Å². The first-order chi connectivity index (χ1) is 5.03. The third-order valence-corrected chi connectivity index (χ3v) is 3.02. The molecule has 3 atom stereocenters. The number of carbonyl (C=O) groups excluding carboxylic acids is 1. The lowest BCUT2D eigenvalue weighted by Crippen LogP contribution is -2.13. The van der Waals surface area contributed by atoms with E-state index in [1.54, 1.807) is 0 Å². The second-order valence-electron chi connectivity index (χ2n) is 3.67. The fraction of sp³-hybridized carbons (Fsp3) is 0.875. The molecule has 62 valence electrons. The number of hydrogen-bond acceptors (Lipinski definition) is 1. The van der Waals surface area contributed by atoms with Gasteiger partial charge in [-0.15, -0.1) is 0 Å². The molecule has 0 radical (unpaired) electrons. The highest BCUT2D eigenvalue weighted by molar-refractivity contribution is 5.79. The third kappa shape index (κ3) is 0.829. The molecule has 0 heterocycles. The Morgan fingerprint density at radius 1 is 1.36 bits per heavy atom. The van der Waals surface area contributed by atoms with E-state index in [-0.39, 0.29) is 11.7 Å². The van der Waals surface area contributed by atoms with E-state index in [0.29, 0.717) is 12.8 Å². The number of rotatable bonds is 1. The molecule has 0 spiro atoms. The Hall–Kier alpha value is -0.470. The smallest absolute Gasteiger partial charge is 0.254 e. The first-order valence-electron chi connectivity index (χ1n) is 3.91. The molecule has 0 bridgehead atoms. The Balaban J connectivity index is 2.00. The van der Waals surface area contributed by atoms with Gasteiger partial charge in [0.2, 0.25) is 0 Å². The van der Waals surface area contributed by atoms with Crippen molar-refractivity contribution in [2.75, 3.05) is 0 Å². The highest BCUT2D eigenvalue weighted by atomic mass is 19.3. The molecule has 0 amide bonds. The van der Waals surface area contributed by atoms with Crippen LogP contribution in [0.15, 0.2) is 0 Å². The number of halogens is 2. The number of carbonyl (C=O) groups is 1. The number of alkyl halides is 2. The summed E-state index contributed by atoms with van der Waals surface area (Å²) < 4.78 is 25.1. The van der Waals surface area contributed by atoms with Crippen molar-refractivity contribution in [3.63, 3.8) is 0 Å². The van der Waals surface area contributed by atoms with Crippen molar-refractivity contribution < 1.29 is 13.6 Å². The van der Waals surface area contributed by atoms with Gasteiger partial charge in [0.1, 0.15) is 5.78 Å². The minimum Gasteiger partial charge on any atom is -0.300 e. The number of Topliss-reactive ketones (excluding diaryl/α,β-unsaturated/α-hetero) is 1. The maximum atomic E-state index is 12.6. The third-order valence-electron chi connectivity index (χ3n) is 3.02. The van der Waals surface area contributed by atoms with E-state index >= 15 is 0 Å². The van der Waals surface area contributed by atoms with Gasteiger partial charge in [-0.2, -0.15) is 0 Å². The Kier molecular flexibility index (Phi) is 1.19. The van der Waals surface area contributed by atoms with E-state index in [1.165, 1.54) is 6.92 Å². The second kappa shape index (κ2) is 1.82. The molecule has 2 aliphatic rings. The lowest BCUT2D eigenvalue weighted by Gasteiger charge is -2.09. The van der Waals surface area contributed by atoms with Crippen molar-refractivity contribution in [2.45, 2.75) is 25.7 Å². The van der Waals surface area contributed by atoms with Crippen LogP contribution in [-0.2, 0) is 4.79 Å². The standard InChI is InChI=1S/C8H10F2O/c1-4(11)5-2-6-7(3-5)8(6,9)10/h5-7H,2-3H2,1H3/t5-,6+,7-. The highest BCUT2D eigenvalue weighted by Gasteiger charge is 2.71. The maximum absolute atomic E-state index is 12.6. The molecule has 0 unspecified atom stereocenters. The molecule has 0 aliphatic heterocycles. The molecular formula is C8H10F2O. The number of hydrogen-bond donors (Lipinski definition) is 0. The molecule has 2 fully saturated rings. The molecule has 0 saturated heterocycles. The Morgan fingerprint density at radius 2 is 1.82 bits per heavy atom. The first kappa shape index (κ1) is 7.19. The van der Waals surface area contributed by atoms with E-state index in [4.69, 9.17) is 0 Å². The number of fused-ring (bicyclic) bond motifs is 1. The van der Waals surface area contributed by atoms with E-state index in [2.05, 4.69) is 0 Å². The summed E-state index contributed by atoms with van der Waals surface area (Å²) in [6.45, 7) is 1.49. The lowest BCUT2D eigenvalue weighted by atomic mass is 9.99. The predicted molar refractivity (Wildman–Crippen MR) is 35.3 cm³/mol. The van der Waals surface area contributed by atoms with Gasteiger partial charge in [-0.05, 0) is 19.8 Å². The Bertz CT molecular complexity index is 198. The van der Waals surface area contributed by atoms with Crippen molar-refractivity contribution in [1.29, 1.82) is 0 Å². The van der Waals surface area contributed by atoms with Gasteiger partial charge in [0.25, 0.3) is 5.92 Å². The fourth-order valence-corrected chi connectivity index (χ4v) is 2.14. The van der Waals surface area contributed by atoms with Crippen LogP contribution in [0.25, 0.3) is 0 Å². The summed E-state index contributed by atoms with van der Waals surface area (Å²) in [4.78, 5) is 10.8. The van der Waals surface area contributed by atoms with Gasteiger partial charge in [0.05, 0.1) is 0 Å². The zero-order chi connectivity index (χ0) is 8.22. The van der Waals surface area contributed by atoms with Crippen LogP contribution in [-0.4, -0.2) is 11.7 Å². The Labute approximate surface area is 63.8 Å². The highest BCUT2D eigenvalue weighted by Crippen LogP contribution is 2.65. The van der Waals surface area contributed by atoms with Gasteiger partial charge in [-0.1, -0.05) is 0 Å². The van der Waals surface area contributed by atoms with Crippen molar-refractivity contribution in [3.05, 3.63) is 0 Å². The molecule has 3 heteroatoms. The molecule has 0 aromatic heterocycles. The molecule has 2 aliphatic carbocycles. The molecular weight excluding hydrogens is 150 g/mol. The summed E-state index contributed by atoms with van der Waals surface area (Å²) in [5, 5.41) is 0. The molecule has 0 N–H and O–H groups in total.